The average Bonchev–Trinajstić information content (AvgIpc) is 2.33. The summed E-state index contributed by atoms with van der Waals surface area (Å²) in [7, 11) is 0. The highest BCUT2D eigenvalue weighted by Crippen LogP contribution is 2.19. The third-order valence-electron chi connectivity index (χ3n) is 3.05. The van der Waals surface area contributed by atoms with Gasteiger partial charge < -0.3 is 10.4 Å². The van der Waals surface area contributed by atoms with Gasteiger partial charge in [0, 0.05) is 12.1 Å². The van der Waals surface area contributed by atoms with E-state index in [0.29, 0.717) is 0 Å². The Bertz CT molecular complexity index is 495. The third kappa shape index (κ3) is 4.29. The lowest BCUT2D eigenvalue weighted by atomic mass is 9.90. The van der Waals surface area contributed by atoms with Crippen LogP contribution >= 0.6 is 0 Å². The van der Waals surface area contributed by atoms with Crippen molar-refractivity contribution in [1.82, 2.24) is 5.32 Å². The summed E-state index contributed by atoms with van der Waals surface area (Å²) in [4.78, 5) is 22.4. The van der Waals surface area contributed by atoms with Gasteiger partial charge in [-0.25, -0.2) is 8.78 Å². The number of amides is 1. The number of rotatable bonds is 6. The molecule has 0 bridgehead atoms. The van der Waals surface area contributed by atoms with Crippen molar-refractivity contribution in [2.45, 2.75) is 26.7 Å². The first-order valence-electron chi connectivity index (χ1n) is 6.17. The fraction of sp³-hybridized carbons (Fsp3) is 0.429. The van der Waals surface area contributed by atoms with Crippen LogP contribution in [0, 0.1) is 17.0 Å². The summed E-state index contributed by atoms with van der Waals surface area (Å²) >= 11 is 0. The highest BCUT2D eigenvalue weighted by molar-refractivity contribution is 5.79. The van der Waals surface area contributed by atoms with Crippen molar-refractivity contribution in [1.29, 1.82) is 0 Å². The van der Waals surface area contributed by atoms with Crippen molar-refractivity contribution in [2.75, 3.05) is 6.54 Å². The zero-order chi connectivity index (χ0) is 15.3. The molecule has 1 aromatic rings. The SMILES string of the molecule is CC(C)(CCNC(=O)Cc1c(F)cccc1F)C(=O)O. The number of carbonyl (C=O) groups excluding carboxylic acids is 1. The van der Waals surface area contributed by atoms with Gasteiger partial charge in [-0.15, -0.1) is 0 Å². The molecule has 0 aliphatic heterocycles. The number of benzene rings is 1. The molecule has 6 heteroatoms. The molecule has 0 spiro atoms. The summed E-state index contributed by atoms with van der Waals surface area (Å²) in [6.07, 6.45) is -0.181. The monoisotopic (exact) mass is 285 g/mol. The van der Waals surface area contributed by atoms with Crippen molar-refractivity contribution >= 4 is 11.9 Å². The van der Waals surface area contributed by atoms with Gasteiger partial charge in [-0.2, -0.15) is 0 Å². The van der Waals surface area contributed by atoms with Crippen LogP contribution in [0.15, 0.2) is 18.2 Å². The van der Waals surface area contributed by atoms with Crippen LogP contribution in [0.4, 0.5) is 8.78 Å². The molecule has 0 saturated heterocycles. The minimum Gasteiger partial charge on any atom is -0.481 e. The zero-order valence-electron chi connectivity index (χ0n) is 11.4. The fourth-order valence-corrected chi connectivity index (χ4v) is 1.55. The predicted octanol–water partition coefficient (Wildman–Crippen LogP) is 2.12. The number of carboxylic acid groups (broad SMARTS) is 1. The van der Waals surface area contributed by atoms with E-state index >= 15 is 0 Å². The number of carboxylic acids is 1. The van der Waals surface area contributed by atoms with Gasteiger partial charge in [-0.05, 0) is 32.4 Å². The van der Waals surface area contributed by atoms with E-state index < -0.39 is 35.3 Å². The van der Waals surface area contributed by atoms with Crippen molar-refractivity contribution in [3.63, 3.8) is 0 Å². The molecule has 2 N–H and O–H groups in total. The topological polar surface area (TPSA) is 66.4 Å². The summed E-state index contributed by atoms with van der Waals surface area (Å²) in [5.74, 6) is -3.06. The van der Waals surface area contributed by atoms with Crippen LogP contribution in [-0.4, -0.2) is 23.5 Å². The van der Waals surface area contributed by atoms with Crippen molar-refractivity contribution < 1.29 is 23.5 Å². The molecule has 0 unspecified atom stereocenters. The van der Waals surface area contributed by atoms with Gasteiger partial charge in [0.25, 0.3) is 0 Å². The second-order valence-electron chi connectivity index (χ2n) is 5.17. The molecule has 0 radical (unpaired) electrons. The molecular weight excluding hydrogens is 268 g/mol. The molecule has 1 amide bonds. The second-order valence-corrected chi connectivity index (χ2v) is 5.17. The van der Waals surface area contributed by atoms with Gasteiger partial charge in [-0.1, -0.05) is 6.07 Å². The number of halogens is 2. The molecule has 1 aromatic carbocycles. The Morgan fingerprint density at radius 3 is 2.30 bits per heavy atom. The number of nitrogens with one attached hydrogen (secondary N) is 1. The van der Waals surface area contributed by atoms with Crippen molar-refractivity contribution in [3.05, 3.63) is 35.4 Å². The van der Waals surface area contributed by atoms with E-state index in [1.54, 1.807) is 0 Å². The second kappa shape index (κ2) is 6.45. The number of hydrogen-bond acceptors (Lipinski definition) is 2. The summed E-state index contributed by atoms with van der Waals surface area (Å²) in [5.41, 5.74) is -1.25. The quantitative estimate of drug-likeness (QED) is 0.841. The summed E-state index contributed by atoms with van der Waals surface area (Å²) < 4.78 is 26.7. The molecule has 0 aliphatic carbocycles. The number of carbonyl (C=O) groups is 2. The molecule has 1 rings (SSSR count). The van der Waals surface area contributed by atoms with E-state index in [2.05, 4.69) is 5.32 Å². The molecular formula is C14H17F2NO3. The van der Waals surface area contributed by atoms with Crippen LogP contribution in [0.25, 0.3) is 0 Å². The highest BCUT2D eigenvalue weighted by Gasteiger charge is 2.26. The third-order valence-corrected chi connectivity index (χ3v) is 3.05. The van der Waals surface area contributed by atoms with E-state index in [1.807, 2.05) is 0 Å². The van der Waals surface area contributed by atoms with Crippen LogP contribution in [0.1, 0.15) is 25.8 Å². The number of aliphatic carboxylic acids is 1. The Morgan fingerprint density at radius 2 is 1.80 bits per heavy atom. The summed E-state index contributed by atoms with van der Waals surface area (Å²) in [6, 6.07) is 3.39. The molecule has 0 atom stereocenters. The van der Waals surface area contributed by atoms with Crippen LogP contribution in [0.2, 0.25) is 0 Å². The Labute approximate surface area is 115 Å². The maximum Gasteiger partial charge on any atom is 0.309 e. The molecule has 110 valence electrons. The Balaban J connectivity index is 2.51. The molecule has 0 heterocycles. The van der Waals surface area contributed by atoms with Crippen LogP contribution in [-0.2, 0) is 16.0 Å². The van der Waals surface area contributed by atoms with Gasteiger partial charge in [0.2, 0.25) is 5.91 Å². The van der Waals surface area contributed by atoms with E-state index in [4.69, 9.17) is 5.11 Å². The lowest BCUT2D eigenvalue weighted by Gasteiger charge is -2.18. The zero-order valence-corrected chi connectivity index (χ0v) is 11.4. The van der Waals surface area contributed by atoms with Gasteiger partial charge in [0.1, 0.15) is 11.6 Å². The van der Waals surface area contributed by atoms with Crippen LogP contribution in [0.3, 0.4) is 0 Å². The standard InChI is InChI=1S/C14H17F2NO3/c1-14(2,13(19)20)6-7-17-12(18)8-9-10(15)4-3-5-11(9)16/h3-5H,6-8H2,1-2H3,(H,17,18)(H,19,20). The Hall–Kier alpha value is -1.98. The fourth-order valence-electron chi connectivity index (χ4n) is 1.55. The first-order chi connectivity index (χ1) is 9.24. The van der Waals surface area contributed by atoms with Gasteiger partial charge in [0.15, 0.2) is 0 Å². The number of hydrogen-bond donors (Lipinski definition) is 2. The predicted molar refractivity (Wildman–Crippen MR) is 69.1 cm³/mol. The van der Waals surface area contributed by atoms with Crippen molar-refractivity contribution in [2.24, 2.45) is 5.41 Å². The van der Waals surface area contributed by atoms with Crippen molar-refractivity contribution in [3.8, 4) is 0 Å². The summed E-state index contributed by atoms with van der Waals surface area (Å²) in [6.45, 7) is 3.21. The van der Waals surface area contributed by atoms with E-state index in [-0.39, 0.29) is 18.5 Å². The van der Waals surface area contributed by atoms with Crippen LogP contribution < -0.4 is 5.32 Å². The summed E-state index contributed by atoms with van der Waals surface area (Å²) in [5, 5.41) is 11.4. The molecule has 0 aliphatic rings. The average molecular weight is 285 g/mol. The van der Waals surface area contributed by atoms with Gasteiger partial charge >= 0.3 is 5.97 Å². The molecule has 0 saturated carbocycles. The Morgan fingerprint density at radius 1 is 1.25 bits per heavy atom. The van der Waals surface area contributed by atoms with Gasteiger partial charge in [-0.3, -0.25) is 9.59 Å². The maximum atomic E-state index is 13.3. The maximum absolute atomic E-state index is 13.3. The first-order valence-corrected chi connectivity index (χ1v) is 6.17. The van der Waals surface area contributed by atoms with E-state index in [1.165, 1.54) is 19.9 Å². The molecule has 4 nitrogen and oxygen atoms in total. The molecule has 0 fully saturated rings. The largest absolute Gasteiger partial charge is 0.481 e. The smallest absolute Gasteiger partial charge is 0.309 e. The minimum atomic E-state index is -0.966. The van der Waals surface area contributed by atoms with Gasteiger partial charge in [0.05, 0.1) is 11.8 Å². The lowest BCUT2D eigenvalue weighted by Crippen LogP contribution is -2.32. The lowest BCUT2D eigenvalue weighted by molar-refractivity contribution is -0.147. The van der Waals surface area contributed by atoms with E-state index in [9.17, 15) is 18.4 Å². The first kappa shape index (κ1) is 16.1. The normalized spacial score (nSPS) is 11.2. The van der Waals surface area contributed by atoms with E-state index in [0.717, 1.165) is 12.1 Å². The molecule has 0 aromatic heterocycles. The molecule has 20 heavy (non-hydrogen) atoms. The highest BCUT2D eigenvalue weighted by atomic mass is 19.1. The van der Waals surface area contributed by atoms with Crippen LogP contribution in [0.5, 0.6) is 0 Å². The minimum absolute atomic E-state index is 0.133. The Kier molecular flexibility index (Phi) is 5.19.